The zero-order chi connectivity index (χ0) is 40.9. The average molecular weight is 794 g/mol. The Bertz CT molecular complexity index is 2340. The van der Waals surface area contributed by atoms with Gasteiger partial charge in [-0.2, -0.15) is 0 Å². The zero-order valence-corrected chi connectivity index (χ0v) is 34.5. The maximum absolute atomic E-state index is 15.7. The number of carbonyl (C=O) groups is 1. The molecule has 298 valence electrons. The quantitative estimate of drug-likeness (QED) is 0.0716. The number of anilines is 2. The van der Waals surface area contributed by atoms with Crippen LogP contribution in [-0.4, -0.2) is 56.0 Å². The van der Waals surface area contributed by atoms with E-state index in [-0.39, 0.29) is 13.3 Å². The van der Waals surface area contributed by atoms with Crippen LogP contribution in [-0.2, 0) is 31.1 Å². The Hall–Kier alpha value is -5.79. The number of ether oxygens (including phenoxy) is 3. The van der Waals surface area contributed by atoms with Crippen LogP contribution in [0.4, 0.5) is 20.3 Å². The number of amides is 1. The van der Waals surface area contributed by atoms with Gasteiger partial charge in [-0.05, 0) is 96.4 Å². The molecule has 3 aromatic carbocycles. The highest BCUT2D eigenvalue weighted by molar-refractivity contribution is 6.76. The molecule has 0 fully saturated rings. The number of aromatic nitrogens is 3. The van der Waals surface area contributed by atoms with Crippen LogP contribution < -0.4 is 24.8 Å². The molecule has 10 nitrogen and oxygen atoms in total. The lowest BCUT2D eigenvalue weighted by molar-refractivity contribution is 0.0881. The van der Waals surface area contributed by atoms with Crippen molar-refractivity contribution in [3.8, 4) is 11.5 Å². The second-order valence-corrected chi connectivity index (χ2v) is 20.9. The number of nitrogens with zero attached hydrogens (tertiary/aromatic N) is 5. The fourth-order valence-electron chi connectivity index (χ4n) is 6.59. The molecule has 0 bridgehead atoms. The fourth-order valence-corrected chi connectivity index (χ4v) is 7.35. The van der Waals surface area contributed by atoms with E-state index in [1.807, 2.05) is 66.1 Å². The standard InChI is InChI=1S/C44H49F2N5O5Si/c1-30-24-40-39(47-43(30)49(26-31-8-16-36(54-3)17-9-31)27-32-10-18-37(55-4)19-11-32)25-35(51(40)29-56-22-23-57(5,6)7)28-50-41(52)21-20-38(46)42(50)44(53)48(2)34-14-12-33(45)13-15-34/h8-21,24-25H,22-23,26-29H2,1-7H3. The van der Waals surface area contributed by atoms with Crippen LogP contribution in [0.5, 0.6) is 11.5 Å². The average Bonchev–Trinajstić information content (AvgIpc) is 3.52. The minimum atomic E-state index is -1.40. The van der Waals surface area contributed by atoms with E-state index in [0.717, 1.165) is 62.3 Å². The zero-order valence-electron chi connectivity index (χ0n) is 33.5. The van der Waals surface area contributed by atoms with Crippen molar-refractivity contribution in [1.29, 1.82) is 0 Å². The van der Waals surface area contributed by atoms with Crippen LogP contribution in [0.25, 0.3) is 11.0 Å². The summed E-state index contributed by atoms with van der Waals surface area (Å²) in [5.41, 5.74) is 4.43. The topological polar surface area (TPSA) is 91.1 Å². The van der Waals surface area contributed by atoms with E-state index in [9.17, 15) is 14.0 Å². The lowest BCUT2D eigenvalue weighted by Gasteiger charge is -2.26. The number of halogens is 2. The molecule has 0 N–H and O–H groups in total. The number of hydrogen-bond acceptors (Lipinski definition) is 7. The summed E-state index contributed by atoms with van der Waals surface area (Å²) in [5, 5.41) is 0. The molecule has 0 aliphatic heterocycles. The van der Waals surface area contributed by atoms with E-state index in [2.05, 4.69) is 30.6 Å². The maximum atomic E-state index is 15.7. The Morgan fingerprint density at radius 2 is 1.40 bits per heavy atom. The summed E-state index contributed by atoms with van der Waals surface area (Å²) >= 11 is 0. The Labute approximate surface area is 332 Å². The van der Waals surface area contributed by atoms with Crippen molar-refractivity contribution in [3.63, 3.8) is 0 Å². The van der Waals surface area contributed by atoms with Crippen molar-refractivity contribution >= 4 is 36.5 Å². The third-order valence-electron chi connectivity index (χ3n) is 9.89. The maximum Gasteiger partial charge on any atom is 0.277 e. The van der Waals surface area contributed by atoms with Gasteiger partial charge in [0.15, 0.2) is 5.82 Å². The lowest BCUT2D eigenvalue weighted by atomic mass is 10.1. The van der Waals surface area contributed by atoms with Gasteiger partial charge in [0, 0.05) is 52.3 Å². The SMILES string of the molecule is COc1ccc(CN(Cc2ccc(OC)cc2)c2nc3cc(Cn4c(C(=O)N(C)c5ccc(F)cc5)c(F)ccc4=O)n(COCC[Si](C)(C)C)c3cc2C)cc1. The molecule has 0 aliphatic carbocycles. The third-order valence-corrected chi connectivity index (χ3v) is 11.6. The van der Waals surface area contributed by atoms with Crippen LogP contribution in [0.3, 0.4) is 0 Å². The first-order chi connectivity index (χ1) is 27.2. The van der Waals surface area contributed by atoms with Gasteiger partial charge in [0.25, 0.3) is 11.5 Å². The van der Waals surface area contributed by atoms with Crippen LogP contribution in [0.15, 0.2) is 102 Å². The molecule has 0 radical (unpaired) electrons. The highest BCUT2D eigenvalue weighted by atomic mass is 28.3. The van der Waals surface area contributed by atoms with Gasteiger partial charge in [-0.15, -0.1) is 0 Å². The van der Waals surface area contributed by atoms with E-state index in [4.69, 9.17) is 19.2 Å². The molecule has 57 heavy (non-hydrogen) atoms. The third kappa shape index (κ3) is 9.78. The first-order valence-corrected chi connectivity index (χ1v) is 22.5. The van der Waals surface area contributed by atoms with Gasteiger partial charge in [0.2, 0.25) is 0 Å². The van der Waals surface area contributed by atoms with Crippen molar-refractivity contribution in [1.82, 2.24) is 14.1 Å². The van der Waals surface area contributed by atoms with E-state index in [1.165, 1.54) is 36.2 Å². The van der Waals surface area contributed by atoms with Gasteiger partial charge >= 0.3 is 0 Å². The second-order valence-electron chi connectivity index (χ2n) is 15.3. The highest BCUT2D eigenvalue weighted by Gasteiger charge is 2.25. The van der Waals surface area contributed by atoms with Crippen molar-refractivity contribution in [3.05, 3.63) is 147 Å². The number of hydrogen-bond donors (Lipinski definition) is 0. The van der Waals surface area contributed by atoms with Crippen molar-refractivity contribution in [2.75, 3.05) is 37.7 Å². The van der Waals surface area contributed by atoms with E-state index < -0.39 is 36.9 Å². The minimum Gasteiger partial charge on any atom is -0.497 e. The largest absolute Gasteiger partial charge is 0.497 e. The molecular formula is C44H49F2N5O5Si. The highest BCUT2D eigenvalue weighted by Crippen LogP contribution is 2.30. The molecule has 3 aromatic heterocycles. The summed E-state index contributed by atoms with van der Waals surface area (Å²) in [6, 6.07) is 28.1. The molecule has 0 unspecified atom stereocenters. The molecule has 0 spiro atoms. The Balaban J connectivity index is 1.43. The van der Waals surface area contributed by atoms with Gasteiger partial charge in [-0.25, -0.2) is 13.8 Å². The monoisotopic (exact) mass is 793 g/mol. The van der Waals surface area contributed by atoms with Gasteiger partial charge in [0.05, 0.1) is 31.8 Å². The van der Waals surface area contributed by atoms with Crippen molar-refractivity contribution < 1.29 is 27.8 Å². The van der Waals surface area contributed by atoms with Crippen molar-refractivity contribution in [2.24, 2.45) is 0 Å². The molecule has 6 rings (SSSR count). The van der Waals surface area contributed by atoms with Crippen LogP contribution in [0.2, 0.25) is 25.7 Å². The summed E-state index contributed by atoms with van der Waals surface area (Å²) in [7, 11) is 3.33. The molecule has 0 saturated heterocycles. The summed E-state index contributed by atoms with van der Waals surface area (Å²) in [6.45, 7) is 10.5. The second kappa shape index (κ2) is 17.6. The molecular weight excluding hydrogens is 745 g/mol. The number of aryl methyl sites for hydroxylation is 1. The molecule has 13 heteroatoms. The molecule has 1 amide bonds. The number of pyridine rings is 2. The first-order valence-electron chi connectivity index (χ1n) is 18.8. The molecule has 0 atom stereocenters. The summed E-state index contributed by atoms with van der Waals surface area (Å²) in [6.07, 6.45) is 0. The van der Waals surface area contributed by atoms with Gasteiger partial charge < -0.3 is 28.6 Å². The van der Waals surface area contributed by atoms with Crippen molar-refractivity contribution in [2.45, 2.75) is 59.0 Å². The first kappa shape index (κ1) is 40.9. The molecule has 3 heterocycles. The van der Waals surface area contributed by atoms with Crippen LogP contribution in [0, 0.1) is 18.6 Å². The summed E-state index contributed by atoms with van der Waals surface area (Å²) in [5.74, 6) is 0.209. The number of benzene rings is 3. The molecule has 0 saturated carbocycles. The number of carbonyl (C=O) groups excluding carboxylic acids is 1. The normalized spacial score (nSPS) is 11.5. The van der Waals surface area contributed by atoms with E-state index >= 15 is 4.39 Å². The van der Waals surface area contributed by atoms with Gasteiger partial charge in [-0.3, -0.25) is 14.2 Å². The number of rotatable bonds is 16. The number of methoxy groups -OCH3 is 2. The predicted molar refractivity (Wildman–Crippen MR) is 223 cm³/mol. The van der Waals surface area contributed by atoms with E-state index in [1.54, 1.807) is 14.2 Å². The fraction of sp³-hybridized carbons (Fsp3) is 0.295. The summed E-state index contributed by atoms with van der Waals surface area (Å²) in [4.78, 5) is 36.1. The van der Waals surface area contributed by atoms with Crippen LogP contribution in [0.1, 0.15) is 32.9 Å². The Morgan fingerprint density at radius 3 is 1.96 bits per heavy atom. The minimum absolute atomic E-state index is 0.140. The number of fused-ring (bicyclic) bond motifs is 1. The Morgan fingerprint density at radius 1 is 0.807 bits per heavy atom. The smallest absolute Gasteiger partial charge is 0.277 e. The van der Waals surface area contributed by atoms with Crippen LogP contribution >= 0.6 is 0 Å². The Kier molecular flexibility index (Phi) is 12.6. The lowest BCUT2D eigenvalue weighted by Crippen LogP contribution is -2.35. The summed E-state index contributed by atoms with van der Waals surface area (Å²) < 4.78 is 49.5. The molecule has 6 aromatic rings. The van der Waals surface area contributed by atoms with Gasteiger partial charge in [0.1, 0.15) is 35.6 Å². The van der Waals surface area contributed by atoms with Gasteiger partial charge in [-0.1, -0.05) is 43.9 Å². The predicted octanol–water partition coefficient (Wildman–Crippen LogP) is 8.65. The molecule has 0 aliphatic rings. The van der Waals surface area contributed by atoms with E-state index in [0.29, 0.717) is 36.6 Å².